The maximum atomic E-state index is 12.5. The average Bonchev–Trinajstić information content (AvgIpc) is 2.89. The van der Waals surface area contributed by atoms with Crippen LogP contribution in [0.1, 0.15) is 17.3 Å². The van der Waals surface area contributed by atoms with E-state index in [4.69, 9.17) is 9.84 Å². The molecule has 2 rings (SSSR count). The molecule has 1 amide bonds. The Morgan fingerprint density at radius 2 is 2.05 bits per heavy atom. The number of carboxylic acid groups (broad SMARTS) is 1. The minimum atomic E-state index is -0.976. The summed E-state index contributed by atoms with van der Waals surface area (Å²) in [5.74, 6) is -2.20. The van der Waals surface area contributed by atoms with Crippen LogP contribution in [0.15, 0.2) is 24.3 Å². The van der Waals surface area contributed by atoms with Gasteiger partial charge in [0.1, 0.15) is 11.7 Å². The van der Waals surface area contributed by atoms with Crippen LogP contribution >= 0.6 is 0 Å². The normalized spacial score (nSPS) is 21.6. The third-order valence-electron chi connectivity index (χ3n) is 3.50. The molecule has 1 aromatic carbocycles. The van der Waals surface area contributed by atoms with Crippen molar-refractivity contribution in [3.8, 4) is 5.75 Å². The number of hydrogen-bond acceptors (Lipinski definition) is 4. The van der Waals surface area contributed by atoms with Crippen LogP contribution in [0, 0.1) is 5.92 Å². The van der Waals surface area contributed by atoms with Gasteiger partial charge in [-0.25, -0.2) is 0 Å². The van der Waals surface area contributed by atoms with Crippen molar-refractivity contribution in [2.24, 2.45) is 5.92 Å². The highest BCUT2D eigenvalue weighted by Gasteiger charge is 2.40. The number of hydrogen-bond donors (Lipinski definition) is 2. The Hall–Kier alpha value is -2.08. The number of carbonyl (C=O) groups excluding carboxylic acids is 1. The SMILES string of the molecule is CCN(C(=O)c1ccccc1O)C1COCC1C(=O)O. The summed E-state index contributed by atoms with van der Waals surface area (Å²) in [5, 5.41) is 18.9. The first kappa shape index (κ1) is 14.3. The number of aromatic hydroxyl groups is 1. The molecule has 1 aliphatic heterocycles. The number of nitrogens with zero attached hydrogens (tertiary/aromatic N) is 1. The molecule has 0 radical (unpaired) electrons. The van der Waals surface area contributed by atoms with Gasteiger partial charge in [-0.1, -0.05) is 12.1 Å². The molecule has 20 heavy (non-hydrogen) atoms. The number of para-hydroxylation sites is 1. The van der Waals surface area contributed by atoms with E-state index in [0.717, 1.165) is 0 Å². The number of phenolic OH excluding ortho intramolecular Hbond substituents is 1. The van der Waals surface area contributed by atoms with E-state index in [1.165, 1.54) is 17.0 Å². The first-order valence-corrected chi connectivity index (χ1v) is 6.45. The Kier molecular flexibility index (Phi) is 4.24. The number of carboxylic acids is 1. The van der Waals surface area contributed by atoms with Crippen LogP contribution in [-0.4, -0.2) is 52.8 Å². The molecule has 0 spiro atoms. The molecule has 0 saturated carbocycles. The van der Waals surface area contributed by atoms with Crippen LogP contribution < -0.4 is 0 Å². The zero-order valence-corrected chi connectivity index (χ0v) is 11.2. The van der Waals surface area contributed by atoms with Gasteiger partial charge in [-0.2, -0.15) is 0 Å². The molecule has 2 unspecified atom stereocenters. The Balaban J connectivity index is 2.26. The quantitative estimate of drug-likeness (QED) is 0.857. The number of rotatable bonds is 4. The van der Waals surface area contributed by atoms with E-state index in [1.807, 2.05) is 0 Å². The van der Waals surface area contributed by atoms with E-state index in [0.29, 0.717) is 6.54 Å². The second-order valence-electron chi connectivity index (χ2n) is 4.66. The molecule has 1 aliphatic rings. The van der Waals surface area contributed by atoms with E-state index in [2.05, 4.69) is 0 Å². The molecule has 1 saturated heterocycles. The fraction of sp³-hybridized carbons (Fsp3) is 0.429. The molecule has 0 aromatic heterocycles. The molecule has 1 fully saturated rings. The number of ether oxygens (including phenoxy) is 1. The number of aliphatic carboxylic acids is 1. The van der Waals surface area contributed by atoms with E-state index in [1.54, 1.807) is 19.1 Å². The Labute approximate surface area is 116 Å². The monoisotopic (exact) mass is 279 g/mol. The Morgan fingerprint density at radius 3 is 2.65 bits per heavy atom. The number of likely N-dealkylation sites (N-methyl/N-ethyl adjacent to an activating group) is 1. The van der Waals surface area contributed by atoms with Gasteiger partial charge in [0.15, 0.2) is 0 Å². The summed E-state index contributed by atoms with van der Waals surface area (Å²) in [6, 6.07) is 5.72. The van der Waals surface area contributed by atoms with Crippen LogP contribution in [0.3, 0.4) is 0 Å². The minimum Gasteiger partial charge on any atom is -0.507 e. The number of amides is 1. The lowest BCUT2D eigenvalue weighted by atomic mass is 10.0. The molecule has 108 valence electrons. The highest BCUT2D eigenvalue weighted by Crippen LogP contribution is 2.24. The van der Waals surface area contributed by atoms with Crippen molar-refractivity contribution < 1.29 is 24.5 Å². The van der Waals surface area contributed by atoms with Gasteiger partial charge in [0.25, 0.3) is 5.91 Å². The summed E-state index contributed by atoms with van der Waals surface area (Å²) in [5.41, 5.74) is 0.172. The third kappa shape index (κ3) is 2.60. The van der Waals surface area contributed by atoms with Gasteiger partial charge in [-0.15, -0.1) is 0 Å². The van der Waals surface area contributed by atoms with E-state index in [9.17, 15) is 14.7 Å². The molecule has 0 bridgehead atoms. The van der Waals surface area contributed by atoms with Gasteiger partial charge in [-0.05, 0) is 19.1 Å². The van der Waals surface area contributed by atoms with E-state index >= 15 is 0 Å². The summed E-state index contributed by atoms with van der Waals surface area (Å²) < 4.78 is 5.19. The molecule has 6 heteroatoms. The maximum absolute atomic E-state index is 12.5. The first-order chi connectivity index (χ1) is 9.56. The second-order valence-corrected chi connectivity index (χ2v) is 4.66. The number of benzene rings is 1. The first-order valence-electron chi connectivity index (χ1n) is 6.45. The predicted molar refractivity (Wildman–Crippen MR) is 70.6 cm³/mol. The van der Waals surface area contributed by atoms with Crippen LogP contribution in [0.4, 0.5) is 0 Å². The standard InChI is InChI=1S/C14H17NO5/c1-2-15(11-8-20-7-10(11)14(18)19)13(17)9-5-3-4-6-12(9)16/h3-6,10-11,16H,2,7-8H2,1H3,(H,18,19). The van der Waals surface area contributed by atoms with Crippen LogP contribution in [-0.2, 0) is 9.53 Å². The number of phenols is 1. The van der Waals surface area contributed by atoms with Gasteiger partial charge in [0.2, 0.25) is 0 Å². The molecule has 0 aliphatic carbocycles. The Bertz CT molecular complexity index is 516. The summed E-state index contributed by atoms with van der Waals surface area (Å²) in [6.07, 6.45) is 0. The highest BCUT2D eigenvalue weighted by atomic mass is 16.5. The lowest BCUT2D eigenvalue weighted by Crippen LogP contribution is -2.46. The molecule has 1 heterocycles. The smallest absolute Gasteiger partial charge is 0.311 e. The fourth-order valence-electron chi connectivity index (χ4n) is 2.42. The molecular formula is C14H17NO5. The van der Waals surface area contributed by atoms with Gasteiger partial charge in [0.05, 0.1) is 24.8 Å². The van der Waals surface area contributed by atoms with Crippen molar-refractivity contribution in [3.05, 3.63) is 29.8 Å². The lowest BCUT2D eigenvalue weighted by Gasteiger charge is -2.29. The van der Waals surface area contributed by atoms with E-state index in [-0.39, 0.29) is 30.4 Å². The zero-order valence-electron chi connectivity index (χ0n) is 11.2. The summed E-state index contributed by atoms with van der Waals surface area (Å²) in [4.78, 5) is 25.1. The van der Waals surface area contributed by atoms with Crippen LogP contribution in [0.2, 0.25) is 0 Å². The second kappa shape index (κ2) is 5.92. The van der Waals surface area contributed by atoms with Crippen LogP contribution in [0.5, 0.6) is 5.75 Å². The third-order valence-corrected chi connectivity index (χ3v) is 3.50. The van der Waals surface area contributed by atoms with Crippen LogP contribution in [0.25, 0.3) is 0 Å². The van der Waals surface area contributed by atoms with Crippen molar-refractivity contribution in [2.75, 3.05) is 19.8 Å². The van der Waals surface area contributed by atoms with Crippen molar-refractivity contribution in [1.29, 1.82) is 0 Å². The summed E-state index contributed by atoms with van der Waals surface area (Å²) in [7, 11) is 0. The average molecular weight is 279 g/mol. The largest absolute Gasteiger partial charge is 0.507 e. The molecule has 2 N–H and O–H groups in total. The molecule has 2 atom stereocenters. The fourth-order valence-corrected chi connectivity index (χ4v) is 2.42. The minimum absolute atomic E-state index is 0.102. The Morgan fingerprint density at radius 1 is 1.35 bits per heavy atom. The van der Waals surface area contributed by atoms with Gasteiger partial charge < -0.3 is 19.8 Å². The van der Waals surface area contributed by atoms with E-state index < -0.39 is 17.9 Å². The predicted octanol–water partition coefficient (Wildman–Crippen LogP) is 0.954. The van der Waals surface area contributed by atoms with Crippen molar-refractivity contribution in [1.82, 2.24) is 4.90 Å². The van der Waals surface area contributed by atoms with Crippen molar-refractivity contribution in [2.45, 2.75) is 13.0 Å². The maximum Gasteiger partial charge on any atom is 0.311 e. The molecule has 1 aromatic rings. The topological polar surface area (TPSA) is 87.1 Å². The molecule has 6 nitrogen and oxygen atoms in total. The lowest BCUT2D eigenvalue weighted by molar-refractivity contribution is -0.142. The summed E-state index contributed by atoms with van der Waals surface area (Å²) in [6.45, 7) is 2.43. The highest BCUT2D eigenvalue weighted by molar-refractivity contribution is 5.97. The summed E-state index contributed by atoms with van der Waals surface area (Å²) >= 11 is 0. The van der Waals surface area contributed by atoms with Crippen molar-refractivity contribution in [3.63, 3.8) is 0 Å². The molecular weight excluding hydrogens is 262 g/mol. The zero-order chi connectivity index (χ0) is 14.7. The van der Waals surface area contributed by atoms with Gasteiger partial charge >= 0.3 is 5.97 Å². The van der Waals surface area contributed by atoms with Crippen molar-refractivity contribution >= 4 is 11.9 Å². The van der Waals surface area contributed by atoms with Gasteiger partial charge in [0, 0.05) is 6.54 Å². The van der Waals surface area contributed by atoms with Gasteiger partial charge in [-0.3, -0.25) is 9.59 Å². The number of carbonyl (C=O) groups is 2.